The molecule has 25 heavy (non-hydrogen) atoms. The van der Waals surface area contributed by atoms with E-state index in [0.29, 0.717) is 31.3 Å². The van der Waals surface area contributed by atoms with Crippen LogP contribution >= 0.6 is 0 Å². The second-order valence-electron chi connectivity index (χ2n) is 6.18. The third-order valence-corrected chi connectivity index (χ3v) is 4.06. The Hall–Kier alpha value is -2.24. The molecule has 1 N–H and O–H groups in total. The van der Waals surface area contributed by atoms with Crippen molar-refractivity contribution in [3.05, 3.63) is 23.8 Å². The Morgan fingerprint density at radius 1 is 1.08 bits per heavy atom. The predicted octanol–water partition coefficient (Wildman–Crippen LogP) is 3.08. The maximum Gasteiger partial charge on any atom is 0.305 e. The third kappa shape index (κ3) is 5.37. The van der Waals surface area contributed by atoms with E-state index in [9.17, 15) is 9.59 Å². The number of hydrogen-bond donors (Lipinski definition) is 1. The van der Waals surface area contributed by atoms with Gasteiger partial charge in [-0.15, -0.1) is 0 Å². The van der Waals surface area contributed by atoms with E-state index in [2.05, 4.69) is 0 Å². The first kappa shape index (κ1) is 20.8. The summed E-state index contributed by atoms with van der Waals surface area (Å²) in [6.07, 6.45) is -0.0663. The Morgan fingerprint density at radius 3 is 2.20 bits per heavy atom. The Morgan fingerprint density at radius 2 is 1.68 bits per heavy atom. The number of benzene rings is 1. The quantitative estimate of drug-likeness (QED) is 0.701. The molecule has 1 amide bonds. The zero-order chi connectivity index (χ0) is 19.0. The van der Waals surface area contributed by atoms with E-state index in [1.54, 1.807) is 4.90 Å². The molecule has 0 bridgehead atoms. The van der Waals surface area contributed by atoms with E-state index in [1.807, 2.05) is 52.8 Å². The zero-order valence-corrected chi connectivity index (χ0v) is 15.8. The van der Waals surface area contributed by atoms with Crippen molar-refractivity contribution >= 4 is 11.9 Å². The van der Waals surface area contributed by atoms with Crippen molar-refractivity contribution in [2.24, 2.45) is 0 Å². The van der Waals surface area contributed by atoms with Crippen molar-refractivity contribution in [3.8, 4) is 11.5 Å². The van der Waals surface area contributed by atoms with Crippen LogP contribution < -0.4 is 9.47 Å². The Labute approximate surface area is 149 Å². The van der Waals surface area contributed by atoms with Crippen LogP contribution in [0.4, 0.5) is 0 Å². The van der Waals surface area contributed by atoms with Gasteiger partial charge in [-0.2, -0.15) is 0 Å². The van der Waals surface area contributed by atoms with Crippen molar-refractivity contribution in [2.75, 3.05) is 26.3 Å². The predicted molar refractivity (Wildman–Crippen MR) is 96.3 cm³/mol. The largest absolute Gasteiger partial charge is 0.490 e. The van der Waals surface area contributed by atoms with E-state index in [1.165, 1.54) is 0 Å². The molecule has 0 saturated heterocycles. The van der Waals surface area contributed by atoms with E-state index in [0.717, 1.165) is 5.56 Å². The molecule has 1 rings (SSSR count). The molecule has 0 heterocycles. The summed E-state index contributed by atoms with van der Waals surface area (Å²) in [6.45, 7) is 11.0. The average molecular weight is 351 g/mol. The molecule has 1 aromatic carbocycles. The molecule has 0 aliphatic heterocycles. The first-order valence-electron chi connectivity index (χ1n) is 8.69. The van der Waals surface area contributed by atoms with Gasteiger partial charge in [0.2, 0.25) is 5.91 Å². The minimum atomic E-state index is -0.913. The fraction of sp³-hybridized carbons (Fsp3) is 0.579. The summed E-state index contributed by atoms with van der Waals surface area (Å²) in [5.41, 5.74) is 0.00338. The van der Waals surface area contributed by atoms with Crippen LogP contribution in [0.15, 0.2) is 18.2 Å². The van der Waals surface area contributed by atoms with Crippen LogP contribution in [0.1, 0.15) is 46.6 Å². The number of carbonyl (C=O) groups is 2. The number of carbonyl (C=O) groups excluding carboxylic acids is 1. The molecule has 0 aliphatic carbocycles. The highest BCUT2D eigenvalue weighted by Gasteiger charge is 2.34. The summed E-state index contributed by atoms with van der Waals surface area (Å²) in [5, 5.41) is 8.87. The Bertz CT molecular complexity index is 597. The van der Waals surface area contributed by atoms with Crippen molar-refractivity contribution in [1.29, 1.82) is 0 Å². The van der Waals surface area contributed by atoms with E-state index < -0.39 is 11.4 Å². The maximum atomic E-state index is 12.9. The normalized spacial score (nSPS) is 11.1. The van der Waals surface area contributed by atoms with Crippen LogP contribution in [0.5, 0.6) is 11.5 Å². The zero-order valence-electron chi connectivity index (χ0n) is 15.8. The number of carboxylic acid groups (broad SMARTS) is 1. The molecule has 0 fully saturated rings. The van der Waals surface area contributed by atoms with Gasteiger partial charge in [0.15, 0.2) is 11.5 Å². The molecular weight excluding hydrogens is 322 g/mol. The third-order valence-electron chi connectivity index (χ3n) is 4.06. The van der Waals surface area contributed by atoms with Gasteiger partial charge in [-0.05, 0) is 52.3 Å². The summed E-state index contributed by atoms with van der Waals surface area (Å²) >= 11 is 0. The lowest BCUT2D eigenvalue weighted by molar-refractivity contribution is -0.140. The number of ether oxygens (including phenoxy) is 2. The number of nitrogens with zero attached hydrogens (tertiary/aromatic N) is 1. The molecule has 6 heteroatoms. The molecule has 0 spiro atoms. The summed E-state index contributed by atoms with van der Waals surface area (Å²) < 4.78 is 11.2. The fourth-order valence-corrected chi connectivity index (χ4v) is 2.59. The van der Waals surface area contributed by atoms with Crippen LogP contribution in [0.2, 0.25) is 0 Å². The van der Waals surface area contributed by atoms with Gasteiger partial charge in [0.05, 0.1) is 25.0 Å². The van der Waals surface area contributed by atoms with Gasteiger partial charge in [0.1, 0.15) is 0 Å². The van der Waals surface area contributed by atoms with Crippen molar-refractivity contribution in [3.63, 3.8) is 0 Å². The molecule has 140 valence electrons. The van der Waals surface area contributed by atoms with Gasteiger partial charge < -0.3 is 19.5 Å². The molecule has 0 unspecified atom stereocenters. The van der Waals surface area contributed by atoms with Crippen molar-refractivity contribution in [2.45, 2.75) is 46.5 Å². The first-order chi connectivity index (χ1) is 11.8. The molecule has 1 aromatic rings. The summed E-state index contributed by atoms with van der Waals surface area (Å²) in [7, 11) is 0. The lowest BCUT2D eigenvalue weighted by Crippen LogP contribution is -2.44. The standard InChI is InChI=1S/C19H29NO5/c1-6-20(12-11-17(21)22)18(23)19(4,5)14-9-10-15(24-7-2)16(13-14)25-8-3/h9-10,13H,6-8,11-12H2,1-5H3,(H,21,22). The molecule has 6 nitrogen and oxygen atoms in total. The molecule has 0 aliphatic rings. The highest BCUT2D eigenvalue weighted by atomic mass is 16.5. The van der Waals surface area contributed by atoms with Crippen molar-refractivity contribution < 1.29 is 24.2 Å². The average Bonchev–Trinajstić information content (AvgIpc) is 2.56. The number of amides is 1. The molecule has 0 radical (unpaired) electrons. The number of rotatable bonds is 10. The Kier molecular flexibility index (Phi) is 7.74. The minimum Gasteiger partial charge on any atom is -0.490 e. The van der Waals surface area contributed by atoms with Gasteiger partial charge in [0.25, 0.3) is 0 Å². The summed E-state index contributed by atoms with van der Waals surface area (Å²) in [4.78, 5) is 25.3. The second kappa shape index (κ2) is 9.30. The second-order valence-corrected chi connectivity index (χ2v) is 6.18. The monoisotopic (exact) mass is 351 g/mol. The summed E-state index contributed by atoms with van der Waals surface area (Å²) in [6, 6.07) is 5.50. The molecule has 0 atom stereocenters. The van der Waals surface area contributed by atoms with Crippen molar-refractivity contribution in [1.82, 2.24) is 4.90 Å². The first-order valence-corrected chi connectivity index (χ1v) is 8.69. The van der Waals surface area contributed by atoms with Crippen LogP contribution in [-0.2, 0) is 15.0 Å². The van der Waals surface area contributed by atoms with E-state index in [4.69, 9.17) is 14.6 Å². The van der Waals surface area contributed by atoms with Crippen LogP contribution in [-0.4, -0.2) is 48.2 Å². The van der Waals surface area contributed by atoms with E-state index >= 15 is 0 Å². The Balaban J connectivity index is 3.11. The lowest BCUT2D eigenvalue weighted by atomic mass is 9.83. The van der Waals surface area contributed by atoms with Gasteiger partial charge in [-0.25, -0.2) is 0 Å². The topological polar surface area (TPSA) is 76.1 Å². The highest BCUT2D eigenvalue weighted by Crippen LogP contribution is 2.34. The van der Waals surface area contributed by atoms with Gasteiger partial charge in [0, 0.05) is 13.1 Å². The number of carboxylic acids is 1. The number of likely N-dealkylation sites (N-methyl/N-ethyl adjacent to an activating group) is 1. The number of hydrogen-bond acceptors (Lipinski definition) is 4. The van der Waals surface area contributed by atoms with Crippen LogP contribution in [0.3, 0.4) is 0 Å². The van der Waals surface area contributed by atoms with Gasteiger partial charge >= 0.3 is 5.97 Å². The number of aliphatic carboxylic acids is 1. The van der Waals surface area contributed by atoms with Gasteiger partial charge in [-0.3, -0.25) is 9.59 Å². The highest BCUT2D eigenvalue weighted by molar-refractivity contribution is 5.88. The molecular formula is C19H29NO5. The SMILES string of the molecule is CCOc1ccc(C(C)(C)C(=O)N(CC)CCC(=O)O)cc1OCC. The molecule has 0 saturated carbocycles. The van der Waals surface area contributed by atoms with Gasteiger partial charge in [-0.1, -0.05) is 6.07 Å². The van der Waals surface area contributed by atoms with Crippen LogP contribution in [0, 0.1) is 0 Å². The summed E-state index contributed by atoms with van der Waals surface area (Å²) in [5.74, 6) is 0.234. The smallest absolute Gasteiger partial charge is 0.305 e. The fourth-order valence-electron chi connectivity index (χ4n) is 2.59. The lowest BCUT2D eigenvalue weighted by Gasteiger charge is -2.32. The van der Waals surface area contributed by atoms with Crippen LogP contribution in [0.25, 0.3) is 0 Å². The maximum absolute atomic E-state index is 12.9. The van der Waals surface area contributed by atoms with E-state index in [-0.39, 0.29) is 18.9 Å². The molecule has 0 aromatic heterocycles. The minimum absolute atomic E-state index is 0.0663.